The van der Waals surface area contributed by atoms with Gasteiger partial charge in [0.25, 0.3) is 0 Å². The zero-order valence-electron chi connectivity index (χ0n) is 32.5. The van der Waals surface area contributed by atoms with Crippen LogP contribution in [0.15, 0.2) is 0 Å². The lowest BCUT2D eigenvalue weighted by Gasteiger charge is -2.42. The maximum absolute atomic E-state index is 3.92. The third kappa shape index (κ3) is 25.8. The van der Waals surface area contributed by atoms with E-state index in [1.54, 1.807) is 0 Å². The maximum Gasteiger partial charge on any atom is 0.0595 e. The van der Waals surface area contributed by atoms with E-state index in [4.69, 9.17) is 0 Å². The monoisotopic (exact) mass is 649 g/mol. The lowest BCUT2D eigenvalue weighted by atomic mass is 10.0. The summed E-state index contributed by atoms with van der Waals surface area (Å²) in [5.41, 5.74) is 0. The van der Waals surface area contributed by atoms with Gasteiger partial charge >= 0.3 is 0 Å². The summed E-state index contributed by atoms with van der Waals surface area (Å²) < 4.78 is 0. The second kappa shape index (κ2) is 34.7. The number of nitrogens with zero attached hydrogens (tertiary/aromatic N) is 2. The highest BCUT2D eigenvalue weighted by atomic mass is 15.4. The number of piperazine rings is 1. The number of nitrogens with one attached hydrogen (secondary N) is 2. The van der Waals surface area contributed by atoms with Crippen molar-refractivity contribution in [2.75, 3.05) is 39.3 Å². The van der Waals surface area contributed by atoms with Gasteiger partial charge in [0.2, 0.25) is 0 Å². The van der Waals surface area contributed by atoms with Crippen molar-refractivity contribution in [3.05, 3.63) is 0 Å². The molecule has 276 valence electrons. The first-order valence-corrected chi connectivity index (χ1v) is 21.7. The molecule has 0 aliphatic carbocycles. The number of hydrogen-bond acceptors (Lipinski definition) is 4. The molecule has 1 heterocycles. The Bertz CT molecular complexity index is 526. The molecule has 0 saturated carbocycles. The van der Waals surface area contributed by atoms with Crippen molar-refractivity contribution in [1.82, 2.24) is 20.4 Å². The predicted molar refractivity (Wildman–Crippen MR) is 208 cm³/mol. The van der Waals surface area contributed by atoms with Crippen LogP contribution in [0.1, 0.15) is 220 Å². The first-order valence-electron chi connectivity index (χ1n) is 21.7. The van der Waals surface area contributed by atoms with Gasteiger partial charge in [0.15, 0.2) is 0 Å². The van der Waals surface area contributed by atoms with Gasteiger partial charge in [-0.15, -0.1) is 0 Å². The van der Waals surface area contributed by atoms with E-state index in [1.165, 1.54) is 232 Å². The van der Waals surface area contributed by atoms with E-state index >= 15 is 0 Å². The molecule has 4 nitrogen and oxygen atoms in total. The summed E-state index contributed by atoms with van der Waals surface area (Å²) in [5, 5.41) is 7.83. The van der Waals surface area contributed by atoms with Gasteiger partial charge in [0.1, 0.15) is 0 Å². The average molecular weight is 649 g/mol. The third-order valence-corrected chi connectivity index (χ3v) is 10.8. The van der Waals surface area contributed by atoms with Gasteiger partial charge < -0.3 is 10.6 Å². The molecule has 0 amide bonds. The fraction of sp³-hybridized carbons (Fsp3) is 1.00. The highest BCUT2D eigenvalue weighted by molar-refractivity contribution is 4.80. The Morgan fingerprint density at radius 2 is 0.543 bits per heavy atom. The number of unbranched alkanes of at least 4 members (excludes halogenated alkanes) is 26. The van der Waals surface area contributed by atoms with Crippen molar-refractivity contribution in [3.8, 4) is 0 Å². The molecule has 2 N–H and O–H groups in total. The van der Waals surface area contributed by atoms with E-state index in [0.29, 0.717) is 12.3 Å². The topological polar surface area (TPSA) is 30.5 Å². The Kier molecular flexibility index (Phi) is 33.1. The third-order valence-electron chi connectivity index (χ3n) is 10.8. The summed E-state index contributed by atoms with van der Waals surface area (Å²) in [5.74, 6) is 0. The molecule has 0 spiro atoms. The summed E-state index contributed by atoms with van der Waals surface area (Å²) >= 11 is 0. The summed E-state index contributed by atoms with van der Waals surface area (Å²) in [4.78, 5) is 5.45. The highest BCUT2D eigenvalue weighted by Gasteiger charge is 2.25. The zero-order valence-corrected chi connectivity index (χ0v) is 32.5. The standard InChI is InChI=1S/C42H88N4/c1-5-9-11-13-15-17-19-21-23-25-27-29-31-33-35-43-41(7-3)45-37-39-46(40-38-45)42(8-4)44-36-34-32-30-28-26-24-22-20-18-16-14-12-10-6-2/h41-44H,5-40H2,1-4H3. The zero-order chi connectivity index (χ0) is 33.2. The first-order chi connectivity index (χ1) is 22.8. The smallest absolute Gasteiger partial charge is 0.0595 e. The molecule has 0 aromatic carbocycles. The van der Waals surface area contributed by atoms with Gasteiger partial charge in [-0.3, -0.25) is 9.80 Å². The molecule has 46 heavy (non-hydrogen) atoms. The SMILES string of the molecule is CCCCCCCCCCCCCCCCNC(CC)N1CCN(C(CC)NCCCCCCCCCCCCCCCC)CC1. The number of rotatable bonds is 36. The lowest BCUT2D eigenvalue weighted by Crippen LogP contribution is -2.58. The highest BCUT2D eigenvalue weighted by Crippen LogP contribution is 2.15. The van der Waals surface area contributed by atoms with Crippen molar-refractivity contribution in [2.45, 2.75) is 233 Å². The van der Waals surface area contributed by atoms with Crippen molar-refractivity contribution in [1.29, 1.82) is 0 Å². The second-order valence-electron chi connectivity index (χ2n) is 15.0. The fourth-order valence-corrected chi connectivity index (χ4v) is 7.60. The molecule has 1 fully saturated rings. The van der Waals surface area contributed by atoms with Crippen LogP contribution >= 0.6 is 0 Å². The Morgan fingerprint density at radius 3 is 0.761 bits per heavy atom. The van der Waals surface area contributed by atoms with Crippen LogP contribution in [0.2, 0.25) is 0 Å². The normalized spacial score (nSPS) is 15.9. The molecular weight excluding hydrogens is 560 g/mol. The van der Waals surface area contributed by atoms with Crippen LogP contribution in [0.4, 0.5) is 0 Å². The Balaban J connectivity index is 1.96. The summed E-state index contributed by atoms with van der Waals surface area (Å²) in [6.07, 6.45) is 43.8. The van der Waals surface area contributed by atoms with Gasteiger partial charge in [-0.1, -0.05) is 195 Å². The summed E-state index contributed by atoms with van der Waals surface area (Å²) in [6, 6.07) is 0. The van der Waals surface area contributed by atoms with Crippen LogP contribution in [0.5, 0.6) is 0 Å². The van der Waals surface area contributed by atoms with Crippen molar-refractivity contribution in [3.63, 3.8) is 0 Å². The van der Waals surface area contributed by atoms with Gasteiger partial charge in [-0.2, -0.15) is 0 Å². The minimum atomic E-state index is 0.563. The van der Waals surface area contributed by atoms with Crippen molar-refractivity contribution < 1.29 is 0 Å². The van der Waals surface area contributed by atoms with Crippen LogP contribution in [0.3, 0.4) is 0 Å². The molecule has 1 aliphatic heterocycles. The lowest BCUT2D eigenvalue weighted by molar-refractivity contribution is 0.0455. The van der Waals surface area contributed by atoms with Crippen LogP contribution in [0, 0.1) is 0 Å². The molecule has 2 atom stereocenters. The number of hydrogen-bond donors (Lipinski definition) is 2. The van der Waals surface area contributed by atoms with E-state index in [-0.39, 0.29) is 0 Å². The molecule has 1 saturated heterocycles. The van der Waals surface area contributed by atoms with Crippen molar-refractivity contribution >= 4 is 0 Å². The first kappa shape index (κ1) is 43.9. The van der Waals surface area contributed by atoms with Gasteiger partial charge in [0, 0.05) is 26.2 Å². The van der Waals surface area contributed by atoms with E-state index in [2.05, 4.69) is 48.1 Å². The van der Waals surface area contributed by atoms with Crippen LogP contribution in [0.25, 0.3) is 0 Å². The van der Waals surface area contributed by atoms with E-state index < -0.39 is 0 Å². The molecule has 0 aromatic heterocycles. The Morgan fingerprint density at radius 1 is 0.326 bits per heavy atom. The molecule has 2 unspecified atom stereocenters. The van der Waals surface area contributed by atoms with Gasteiger partial charge in [0.05, 0.1) is 12.3 Å². The van der Waals surface area contributed by atoms with E-state index in [0.717, 1.165) is 0 Å². The second-order valence-corrected chi connectivity index (χ2v) is 15.0. The molecular formula is C42H88N4. The van der Waals surface area contributed by atoms with Crippen LogP contribution in [-0.4, -0.2) is 61.4 Å². The molecule has 4 heteroatoms. The molecule has 0 aromatic rings. The fourth-order valence-electron chi connectivity index (χ4n) is 7.60. The molecule has 0 bridgehead atoms. The molecule has 1 rings (SSSR count). The predicted octanol–water partition coefficient (Wildman–Crippen LogP) is 12.2. The summed E-state index contributed by atoms with van der Waals surface area (Å²) in [6.45, 7) is 16.6. The Hall–Kier alpha value is -0.160. The Labute approximate surface area is 291 Å². The largest absolute Gasteiger partial charge is 0.302 e. The minimum Gasteiger partial charge on any atom is -0.302 e. The maximum atomic E-state index is 3.92. The molecule has 1 aliphatic rings. The van der Waals surface area contributed by atoms with Gasteiger partial charge in [-0.25, -0.2) is 0 Å². The average Bonchev–Trinajstić information content (AvgIpc) is 3.08. The molecule has 0 radical (unpaired) electrons. The summed E-state index contributed by atoms with van der Waals surface area (Å²) in [7, 11) is 0. The van der Waals surface area contributed by atoms with Crippen LogP contribution in [-0.2, 0) is 0 Å². The van der Waals surface area contributed by atoms with E-state index in [9.17, 15) is 0 Å². The van der Waals surface area contributed by atoms with Crippen LogP contribution < -0.4 is 10.6 Å². The van der Waals surface area contributed by atoms with Gasteiger partial charge in [-0.05, 0) is 38.8 Å². The van der Waals surface area contributed by atoms with Crippen molar-refractivity contribution in [2.24, 2.45) is 0 Å². The minimum absolute atomic E-state index is 0.563. The van der Waals surface area contributed by atoms with E-state index in [1.807, 2.05) is 0 Å². The quantitative estimate of drug-likeness (QED) is 0.0662.